The van der Waals surface area contributed by atoms with Crippen molar-refractivity contribution in [1.29, 1.82) is 0 Å². The van der Waals surface area contributed by atoms with Crippen molar-refractivity contribution in [3.63, 3.8) is 0 Å². The standard InChI is InChI=1S/C11H14ClNO/c1-7(2)8-5-10(12)11(14)13(6-8)9-3-4-9/h5-7,9H,3-4H2,1-2H3. The number of halogens is 1. The molecular weight excluding hydrogens is 198 g/mol. The molecular formula is C11H14ClNO. The lowest BCUT2D eigenvalue weighted by Crippen LogP contribution is -2.19. The third kappa shape index (κ3) is 1.71. The van der Waals surface area contributed by atoms with Crippen LogP contribution in [0.25, 0.3) is 0 Å². The molecule has 0 atom stereocenters. The summed E-state index contributed by atoms with van der Waals surface area (Å²) in [5.41, 5.74) is 1.10. The molecule has 76 valence electrons. The molecule has 0 aromatic carbocycles. The summed E-state index contributed by atoms with van der Waals surface area (Å²) in [7, 11) is 0. The Hall–Kier alpha value is -0.760. The number of aromatic nitrogens is 1. The summed E-state index contributed by atoms with van der Waals surface area (Å²) in [5, 5.41) is 0.350. The molecule has 0 spiro atoms. The number of hydrogen-bond acceptors (Lipinski definition) is 1. The zero-order valence-corrected chi connectivity index (χ0v) is 9.21. The van der Waals surface area contributed by atoms with E-state index in [0.717, 1.165) is 18.4 Å². The van der Waals surface area contributed by atoms with Crippen LogP contribution in [0.1, 0.15) is 44.2 Å². The molecule has 0 unspecified atom stereocenters. The SMILES string of the molecule is CC(C)c1cc(Cl)c(=O)n(C2CC2)c1. The van der Waals surface area contributed by atoms with Gasteiger partial charge in [0.25, 0.3) is 5.56 Å². The van der Waals surface area contributed by atoms with Gasteiger partial charge in [0.05, 0.1) is 0 Å². The van der Waals surface area contributed by atoms with Crippen LogP contribution < -0.4 is 5.56 Å². The van der Waals surface area contributed by atoms with Crippen molar-refractivity contribution < 1.29 is 0 Å². The van der Waals surface area contributed by atoms with Crippen molar-refractivity contribution in [2.75, 3.05) is 0 Å². The fraction of sp³-hybridized carbons (Fsp3) is 0.545. The molecule has 0 amide bonds. The maximum Gasteiger partial charge on any atom is 0.269 e. The van der Waals surface area contributed by atoms with E-state index in [1.54, 1.807) is 10.6 Å². The lowest BCUT2D eigenvalue weighted by molar-refractivity contribution is 0.689. The van der Waals surface area contributed by atoms with Crippen molar-refractivity contribution in [2.24, 2.45) is 0 Å². The Bertz CT molecular complexity index is 404. The molecule has 2 rings (SSSR count). The van der Waals surface area contributed by atoms with Crippen LogP contribution in [0, 0.1) is 0 Å². The monoisotopic (exact) mass is 211 g/mol. The third-order valence-electron chi connectivity index (χ3n) is 2.63. The van der Waals surface area contributed by atoms with E-state index in [9.17, 15) is 4.79 Å². The van der Waals surface area contributed by atoms with Crippen molar-refractivity contribution >= 4 is 11.6 Å². The van der Waals surface area contributed by atoms with E-state index < -0.39 is 0 Å². The molecule has 1 aliphatic carbocycles. The van der Waals surface area contributed by atoms with Gasteiger partial charge in [-0.2, -0.15) is 0 Å². The second kappa shape index (κ2) is 3.43. The first-order valence-corrected chi connectivity index (χ1v) is 5.39. The average molecular weight is 212 g/mol. The zero-order chi connectivity index (χ0) is 10.3. The molecule has 1 aliphatic rings. The Morgan fingerprint density at radius 2 is 2.14 bits per heavy atom. The summed E-state index contributed by atoms with van der Waals surface area (Å²) < 4.78 is 1.79. The molecule has 14 heavy (non-hydrogen) atoms. The molecule has 3 heteroatoms. The fourth-order valence-electron chi connectivity index (χ4n) is 1.53. The topological polar surface area (TPSA) is 22.0 Å². The Morgan fingerprint density at radius 3 is 2.64 bits per heavy atom. The van der Waals surface area contributed by atoms with Crippen LogP contribution in [-0.2, 0) is 0 Å². The number of nitrogens with zero attached hydrogens (tertiary/aromatic N) is 1. The molecule has 0 aliphatic heterocycles. The molecule has 1 saturated carbocycles. The van der Waals surface area contributed by atoms with Gasteiger partial charge in [0, 0.05) is 12.2 Å². The number of hydrogen-bond donors (Lipinski definition) is 0. The summed E-state index contributed by atoms with van der Waals surface area (Å²) in [6, 6.07) is 2.19. The van der Waals surface area contributed by atoms with E-state index >= 15 is 0 Å². The number of pyridine rings is 1. The van der Waals surface area contributed by atoms with Gasteiger partial charge in [0.2, 0.25) is 0 Å². The van der Waals surface area contributed by atoms with Crippen LogP contribution in [0.2, 0.25) is 5.02 Å². The van der Waals surface area contributed by atoms with Gasteiger partial charge in [0.1, 0.15) is 5.02 Å². The van der Waals surface area contributed by atoms with Crippen molar-refractivity contribution in [2.45, 2.75) is 38.6 Å². The second-order valence-corrected chi connectivity index (χ2v) is 4.63. The van der Waals surface area contributed by atoms with E-state index in [2.05, 4.69) is 13.8 Å². The lowest BCUT2D eigenvalue weighted by atomic mass is 10.1. The predicted octanol–water partition coefficient (Wildman–Crippen LogP) is 2.96. The van der Waals surface area contributed by atoms with Gasteiger partial charge in [-0.05, 0) is 30.4 Å². The van der Waals surface area contributed by atoms with Crippen molar-refractivity contribution in [3.8, 4) is 0 Å². The van der Waals surface area contributed by atoms with Crippen LogP contribution in [0.4, 0.5) is 0 Å². The molecule has 2 nitrogen and oxygen atoms in total. The van der Waals surface area contributed by atoms with Gasteiger partial charge < -0.3 is 4.57 Å². The smallest absolute Gasteiger partial charge is 0.269 e. The van der Waals surface area contributed by atoms with Gasteiger partial charge in [-0.1, -0.05) is 25.4 Å². The minimum absolute atomic E-state index is 0.0430. The van der Waals surface area contributed by atoms with Crippen molar-refractivity contribution in [1.82, 2.24) is 4.57 Å². The first-order valence-electron chi connectivity index (χ1n) is 5.01. The summed E-state index contributed by atoms with van der Waals surface area (Å²) >= 11 is 5.90. The van der Waals surface area contributed by atoms with E-state index in [4.69, 9.17) is 11.6 Å². The molecule has 0 saturated heterocycles. The van der Waals surface area contributed by atoms with E-state index in [1.807, 2.05) is 6.20 Å². The highest BCUT2D eigenvalue weighted by Gasteiger charge is 2.25. The third-order valence-corrected chi connectivity index (χ3v) is 2.90. The predicted molar refractivity (Wildman–Crippen MR) is 58.1 cm³/mol. The molecule has 1 heterocycles. The van der Waals surface area contributed by atoms with Gasteiger partial charge in [-0.25, -0.2) is 0 Å². The summed E-state index contributed by atoms with van der Waals surface area (Å²) in [6.07, 6.45) is 4.17. The Balaban J connectivity index is 2.52. The van der Waals surface area contributed by atoms with Crippen LogP contribution in [0.3, 0.4) is 0 Å². The fourth-order valence-corrected chi connectivity index (χ4v) is 1.75. The van der Waals surface area contributed by atoms with Crippen LogP contribution in [-0.4, -0.2) is 4.57 Å². The largest absolute Gasteiger partial charge is 0.311 e. The average Bonchev–Trinajstić information content (AvgIpc) is 2.92. The normalized spacial score (nSPS) is 16.3. The second-order valence-electron chi connectivity index (χ2n) is 4.22. The quantitative estimate of drug-likeness (QED) is 0.737. The summed E-state index contributed by atoms with van der Waals surface area (Å²) in [4.78, 5) is 11.7. The first kappa shape index (κ1) is 9.78. The van der Waals surface area contributed by atoms with E-state index in [-0.39, 0.29) is 5.56 Å². The van der Waals surface area contributed by atoms with Gasteiger partial charge in [-0.3, -0.25) is 4.79 Å². The van der Waals surface area contributed by atoms with E-state index in [1.165, 1.54) is 0 Å². The Kier molecular flexibility index (Phi) is 2.40. The maximum atomic E-state index is 11.7. The van der Waals surface area contributed by atoms with E-state index in [0.29, 0.717) is 17.0 Å². The summed E-state index contributed by atoms with van der Waals surface area (Å²) in [5.74, 6) is 0.415. The Morgan fingerprint density at radius 1 is 1.50 bits per heavy atom. The van der Waals surface area contributed by atoms with Gasteiger partial charge >= 0.3 is 0 Å². The minimum atomic E-state index is -0.0430. The maximum absolute atomic E-state index is 11.7. The molecule has 0 radical (unpaired) electrons. The highest BCUT2D eigenvalue weighted by molar-refractivity contribution is 6.30. The molecule has 1 fully saturated rings. The lowest BCUT2D eigenvalue weighted by Gasteiger charge is -2.10. The van der Waals surface area contributed by atoms with Crippen LogP contribution >= 0.6 is 11.6 Å². The molecule has 0 N–H and O–H groups in total. The first-order chi connectivity index (χ1) is 6.59. The molecule has 1 aromatic heterocycles. The highest BCUT2D eigenvalue weighted by atomic mass is 35.5. The van der Waals surface area contributed by atoms with Crippen molar-refractivity contribution in [3.05, 3.63) is 33.2 Å². The minimum Gasteiger partial charge on any atom is -0.311 e. The molecule has 1 aromatic rings. The highest BCUT2D eigenvalue weighted by Crippen LogP contribution is 2.34. The molecule has 0 bridgehead atoms. The number of rotatable bonds is 2. The summed E-state index contributed by atoms with van der Waals surface area (Å²) in [6.45, 7) is 4.21. The van der Waals surface area contributed by atoms with Gasteiger partial charge in [-0.15, -0.1) is 0 Å². The zero-order valence-electron chi connectivity index (χ0n) is 8.46. The van der Waals surface area contributed by atoms with Gasteiger partial charge in [0.15, 0.2) is 0 Å². The van der Waals surface area contributed by atoms with Crippen LogP contribution in [0.15, 0.2) is 17.1 Å². The Labute approximate surface area is 88.5 Å². The van der Waals surface area contributed by atoms with Crippen LogP contribution in [0.5, 0.6) is 0 Å².